The number of carbonyl (C=O) groups excluding carboxylic acids is 4. The first-order chi connectivity index (χ1) is 15.7. The zero-order valence-corrected chi connectivity index (χ0v) is 19.1. The molecule has 0 bridgehead atoms. The fourth-order valence-corrected chi connectivity index (χ4v) is 2.82. The average Bonchev–Trinajstić information content (AvgIpc) is 2.80. The average molecular weight is 455 g/mol. The van der Waals surface area contributed by atoms with Gasteiger partial charge < -0.3 is 20.1 Å². The molecule has 2 N–H and O–H groups in total. The number of hydrogen-bond donors (Lipinski definition) is 2. The maximum absolute atomic E-state index is 12.1. The summed E-state index contributed by atoms with van der Waals surface area (Å²) >= 11 is 0. The normalized spacial score (nSPS) is 11.4. The highest BCUT2D eigenvalue weighted by Crippen LogP contribution is 2.13. The summed E-state index contributed by atoms with van der Waals surface area (Å²) in [5.41, 5.74) is 1.68. The summed E-state index contributed by atoms with van der Waals surface area (Å²) < 4.78 is 10.1. The van der Waals surface area contributed by atoms with Crippen molar-refractivity contribution in [2.45, 2.75) is 39.7 Å². The minimum Gasteiger partial charge on any atom is -0.462 e. The van der Waals surface area contributed by atoms with E-state index in [2.05, 4.69) is 10.6 Å². The lowest BCUT2D eigenvalue weighted by molar-refractivity contribution is -0.149. The molecule has 176 valence electrons. The lowest BCUT2D eigenvalue weighted by Crippen LogP contribution is -2.31. The van der Waals surface area contributed by atoms with Crippen LogP contribution in [-0.4, -0.2) is 37.0 Å². The van der Waals surface area contributed by atoms with Gasteiger partial charge in [0.25, 0.3) is 5.91 Å². The quantitative estimate of drug-likeness (QED) is 0.502. The number of amides is 2. The van der Waals surface area contributed by atoms with Crippen LogP contribution in [0.2, 0.25) is 0 Å². The number of carbonyl (C=O) groups is 4. The topological polar surface area (TPSA) is 111 Å². The van der Waals surface area contributed by atoms with Crippen molar-refractivity contribution in [3.63, 3.8) is 0 Å². The van der Waals surface area contributed by atoms with Gasteiger partial charge in [-0.2, -0.15) is 0 Å². The fourth-order valence-electron chi connectivity index (χ4n) is 2.82. The number of ether oxygens (including phenoxy) is 2. The summed E-state index contributed by atoms with van der Waals surface area (Å²) in [6, 6.07) is 15.6. The summed E-state index contributed by atoms with van der Waals surface area (Å²) in [7, 11) is 0. The highest BCUT2D eigenvalue weighted by atomic mass is 16.5. The Labute approximate surface area is 193 Å². The summed E-state index contributed by atoms with van der Waals surface area (Å²) in [6.45, 7) is 5.59. The SMILES string of the molecule is CC(C)COC(=O)c1cccc(NC(=O)CCC(=O)OCC(=O)N[C@@H](C)c2ccccc2)c1. The van der Waals surface area contributed by atoms with Gasteiger partial charge in [-0.15, -0.1) is 0 Å². The Bertz CT molecular complexity index is 958. The molecule has 0 unspecified atom stereocenters. The first-order valence-corrected chi connectivity index (χ1v) is 10.8. The summed E-state index contributed by atoms with van der Waals surface area (Å²) in [5, 5.41) is 5.38. The van der Waals surface area contributed by atoms with Gasteiger partial charge in [0.1, 0.15) is 0 Å². The molecule has 0 radical (unpaired) electrons. The molecule has 0 heterocycles. The van der Waals surface area contributed by atoms with E-state index in [1.54, 1.807) is 18.2 Å². The molecule has 0 aliphatic carbocycles. The van der Waals surface area contributed by atoms with Gasteiger partial charge in [-0.1, -0.05) is 50.2 Å². The third kappa shape index (κ3) is 9.55. The van der Waals surface area contributed by atoms with Crippen molar-refractivity contribution in [1.82, 2.24) is 5.32 Å². The third-order valence-electron chi connectivity index (χ3n) is 4.53. The van der Waals surface area contributed by atoms with Crippen LogP contribution in [0, 0.1) is 5.92 Å². The standard InChI is InChI=1S/C25H30N2O6/c1-17(2)15-33-25(31)20-10-7-11-21(14-20)27-22(28)12-13-24(30)32-16-23(29)26-18(3)19-8-5-4-6-9-19/h4-11,14,17-18H,12-13,15-16H2,1-3H3,(H,26,29)(H,27,28)/t18-/m0/s1. The van der Waals surface area contributed by atoms with Crippen LogP contribution in [0.15, 0.2) is 54.6 Å². The summed E-state index contributed by atoms with van der Waals surface area (Å²) in [6.07, 6.45) is -0.299. The Morgan fingerprint density at radius 1 is 0.848 bits per heavy atom. The van der Waals surface area contributed by atoms with Crippen molar-refractivity contribution in [2.75, 3.05) is 18.5 Å². The monoisotopic (exact) mass is 454 g/mol. The largest absolute Gasteiger partial charge is 0.462 e. The maximum Gasteiger partial charge on any atom is 0.338 e. The molecule has 8 heteroatoms. The molecule has 0 aromatic heterocycles. The molecule has 8 nitrogen and oxygen atoms in total. The van der Waals surface area contributed by atoms with E-state index >= 15 is 0 Å². The Hall–Kier alpha value is -3.68. The van der Waals surface area contributed by atoms with Gasteiger partial charge in [-0.25, -0.2) is 4.79 Å². The van der Waals surface area contributed by atoms with E-state index in [4.69, 9.17) is 9.47 Å². The van der Waals surface area contributed by atoms with E-state index in [1.165, 1.54) is 6.07 Å². The number of rotatable bonds is 11. The molecule has 2 amide bonds. The second-order valence-electron chi connectivity index (χ2n) is 7.98. The van der Waals surface area contributed by atoms with Crippen molar-refractivity contribution in [3.8, 4) is 0 Å². The molecule has 0 saturated heterocycles. The first-order valence-electron chi connectivity index (χ1n) is 10.8. The lowest BCUT2D eigenvalue weighted by atomic mass is 10.1. The Balaban J connectivity index is 1.71. The second-order valence-corrected chi connectivity index (χ2v) is 7.98. The molecule has 0 aliphatic rings. The van der Waals surface area contributed by atoms with Crippen molar-refractivity contribution in [2.24, 2.45) is 5.92 Å². The molecule has 2 aromatic rings. The Kier molecular flexibility index (Phi) is 10.1. The van der Waals surface area contributed by atoms with Gasteiger partial charge in [0.2, 0.25) is 5.91 Å². The van der Waals surface area contributed by atoms with E-state index in [9.17, 15) is 19.2 Å². The number of hydrogen-bond acceptors (Lipinski definition) is 6. The molecule has 0 saturated carbocycles. The predicted octanol–water partition coefficient (Wildman–Crippen LogP) is 3.64. The number of benzene rings is 2. The van der Waals surface area contributed by atoms with Gasteiger partial charge in [0.05, 0.1) is 24.6 Å². The van der Waals surface area contributed by atoms with E-state index in [-0.39, 0.29) is 24.8 Å². The Morgan fingerprint density at radius 3 is 2.27 bits per heavy atom. The molecule has 0 spiro atoms. The zero-order valence-electron chi connectivity index (χ0n) is 19.1. The second kappa shape index (κ2) is 13.0. The predicted molar refractivity (Wildman–Crippen MR) is 123 cm³/mol. The minimum absolute atomic E-state index is 0.122. The van der Waals surface area contributed by atoms with Crippen LogP contribution in [0.1, 0.15) is 55.6 Å². The lowest BCUT2D eigenvalue weighted by Gasteiger charge is -2.14. The molecule has 2 aromatic carbocycles. The van der Waals surface area contributed by atoms with Crippen LogP contribution < -0.4 is 10.6 Å². The van der Waals surface area contributed by atoms with Crippen LogP contribution in [0.5, 0.6) is 0 Å². The molecular formula is C25H30N2O6. The van der Waals surface area contributed by atoms with E-state index in [0.717, 1.165) is 5.56 Å². The van der Waals surface area contributed by atoms with E-state index in [0.29, 0.717) is 17.9 Å². The van der Waals surface area contributed by atoms with Gasteiger partial charge in [0.15, 0.2) is 6.61 Å². The Morgan fingerprint density at radius 2 is 1.58 bits per heavy atom. The first kappa shape index (κ1) is 25.6. The van der Waals surface area contributed by atoms with Gasteiger partial charge >= 0.3 is 11.9 Å². The van der Waals surface area contributed by atoms with Crippen molar-refractivity contribution >= 4 is 29.4 Å². The van der Waals surface area contributed by atoms with E-state index in [1.807, 2.05) is 51.1 Å². The van der Waals surface area contributed by atoms with Crippen LogP contribution in [0.4, 0.5) is 5.69 Å². The van der Waals surface area contributed by atoms with Gasteiger partial charge in [0, 0.05) is 12.1 Å². The highest BCUT2D eigenvalue weighted by molar-refractivity contribution is 5.95. The van der Waals surface area contributed by atoms with Crippen LogP contribution in [0.25, 0.3) is 0 Å². The van der Waals surface area contributed by atoms with Crippen LogP contribution in [-0.2, 0) is 23.9 Å². The number of esters is 2. The molecule has 0 aliphatic heterocycles. The van der Waals surface area contributed by atoms with E-state index < -0.39 is 30.4 Å². The van der Waals surface area contributed by atoms with Crippen molar-refractivity contribution in [3.05, 3.63) is 65.7 Å². The molecule has 2 rings (SSSR count). The fraction of sp³-hybridized carbons (Fsp3) is 0.360. The summed E-state index contributed by atoms with van der Waals surface area (Å²) in [5.74, 6) is -1.75. The molecular weight excluding hydrogens is 424 g/mol. The van der Waals surface area contributed by atoms with Crippen LogP contribution >= 0.6 is 0 Å². The van der Waals surface area contributed by atoms with Crippen molar-refractivity contribution in [1.29, 1.82) is 0 Å². The minimum atomic E-state index is -0.654. The third-order valence-corrected chi connectivity index (χ3v) is 4.53. The number of nitrogens with one attached hydrogen (secondary N) is 2. The smallest absolute Gasteiger partial charge is 0.338 e. The number of anilines is 1. The maximum atomic E-state index is 12.1. The molecule has 33 heavy (non-hydrogen) atoms. The molecule has 1 atom stereocenters. The van der Waals surface area contributed by atoms with Crippen LogP contribution in [0.3, 0.4) is 0 Å². The molecule has 0 fully saturated rings. The highest BCUT2D eigenvalue weighted by Gasteiger charge is 2.14. The van der Waals surface area contributed by atoms with Gasteiger partial charge in [-0.05, 0) is 36.6 Å². The summed E-state index contributed by atoms with van der Waals surface area (Å²) in [4.78, 5) is 48.0. The zero-order chi connectivity index (χ0) is 24.2. The van der Waals surface area contributed by atoms with Gasteiger partial charge in [-0.3, -0.25) is 14.4 Å². The van der Waals surface area contributed by atoms with Crippen molar-refractivity contribution < 1.29 is 28.7 Å².